The lowest BCUT2D eigenvalue weighted by Crippen LogP contribution is -2.34. The van der Waals surface area contributed by atoms with Crippen molar-refractivity contribution in [2.75, 3.05) is 46.1 Å². The lowest BCUT2D eigenvalue weighted by Gasteiger charge is -2.17. The molecular weight excluding hydrogens is 297 g/mol. The van der Waals surface area contributed by atoms with E-state index >= 15 is 0 Å². The van der Waals surface area contributed by atoms with Crippen molar-refractivity contribution in [3.8, 4) is 0 Å². The molecule has 0 aliphatic carbocycles. The number of nitrogens with two attached hydrogens (primary N) is 1. The van der Waals surface area contributed by atoms with Crippen LogP contribution < -0.4 is 10.5 Å². The van der Waals surface area contributed by atoms with Gasteiger partial charge in [0, 0.05) is 38.0 Å². The summed E-state index contributed by atoms with van der Waals surface area (Å²) in [5, 5.41) is 0. The molecule has 120 valence electrons. The van der Waals surface area contributed by atoms with Crippen molar-refractivity contribution in [1.29, 1.82) is 0 Å². The van der Waals surface area contributed by atoms with Gasteiger partial charge in [-0.3, -0.25) is 0 Å². The van der Waals surface area contributed by atoms with Crippen LogP contribution >= 0.6 is 0 Å². The van der Waals surface area contributed by atoms with Crippen LogP contribution in [0.3, 0.4) is 0 Å². The van der Waals surface area contributed by atoms with Crippen molar-refractivity contribution in [3.05, 3.63) is 23.5 Å². The van der Waals surface area contributed by atoms with Gasteiger partial charge in [0.25, 0.3) is 0 Å². The van der Waals surface area contributed by atoms with Gasteiger partial charge in [0.05, 0.1) is 11.5 Å². The molecule has 1 aromatic carbocycles. The molecule has 0 saturated carbocycles. The number of ether oxygens (including phenoxy) is 1. The van der Waals surface area contributed by atoms with Crippen molar-refractivity contribution in [1.82, 2.24) is 9.62 Å². The highest BCUT2D eigenvalue weighted by atomic mass is 32.2. The Balaban J connectivity index is 2.70. The largest absolute Gasteiger partial charge is 0.399 e. The predicted molar refractivity (Wildman–Crippen MR) is 80.1 cm³/mol. The number of nitrogen functional groups attached to an aromatic ring is 1. The van der Waals surface area contributed by atoms with E-state index in [1.165, 1.54) is 13.0 Å². The van der Waals surface area contributed by atoms with Gasteiger partial charge >= 0.3 is 0 Å². The summed E-state index contributed by atoms with van der Waals surface area (Å²) in [7, 11) is -0.315. The number of hydrogen-bond acceptors (Lipinski definition) is 5. The van der Waals surface area contributed by atoms with Crippen molar-refractivity contribution < 1.29 is 17.5 Å². The minimum absolute atomic E-state index is 0.0597. The second-order valence-corrected chi connectivity index (χ2v) is 6.56. The number of nitrogens with zero attached hydrogens (tertiary/aromatic N) is 1. The first-order chi connectivity index (χ1) is 9.77. The van der Waals surface area contributed by atoms with Crippen LogP contribution in [0.25, 0.3) is 0 Å². The van der Waals surface area contributed by atoms with Crippen LogP contribution in [0.2, 0.25) is 0 Å². The Kier molecular flexibility index (Phi) is 6.53. The fraction of sp³-hybridized carbons (Fsp3) is 0.538. The van der Waals surface area contributed by atoms with Crippen LogP contribution in [0.4, 0.5) is 10.1 Å². The Hall–Kier alpha value is -1.22. The van der Waals surface area contributed by atoms with E-state index in [2.05, 4.69) is 4.72 Å². The van der Waals surface area contributed by atoms with Gasteiger partial charge in [-0.25, -0.2) is 17.5 Å². The monoisotopic (exact) mass is 319 g/mol. The van der Waals surface area contributed by atoms with E-state index in [0.717, 1.165) is 6.07 Å². The van der Waals surface area contributed by atoms with Gasteiger partial charge in [0.2, 0.25) is 10.0 Å². The molecule has 0 radical (unpaired) electrons. The molecule has 0 aromatic heterocycles. The minimum Gasteiger partial charge on any atom is -0.399 e. The summed E-state index contributed by atoms with van der Waals surface area (Å²) >= 11 is 0. The summed E-state index contributed by atoms with van der Waals surface area (Å²) in [5.41, 5.74) is 5.64. The number of halogens is 1. The average molecular weight is 319 g/mol. The molecule has 3 N–H and O–H groups in total. The topological polar surface area (TPSA) is 84.7 Å². The van der Waals surface area contributed by atoms with Crippen molar-refractivity contribution in [3.63, 3.8) is 0 Å². The Morgan fingerprint density at radius 2 is 2.05 bits per heavy atom. The highest BCUT2D eigenvalue weighted by Crippen LogP contribution is 2.21. The summed E-state index contributed by atoms with van der Waals surface area (Å²) in [5.74, 6) is -0.632. The number of methoxy groups -OCH3 is 1. The third-order valence-corrected chi connectivity index (χ3v) is 4.66. The maximum absolute atomic E-state index is 13.6. The van der Waals surface area contributed by atoms with Crippen molar-refractivity contribution in [2.24, 2.45) is 0 Å². The van der Waals surface area contributed by atoms with E-state index in [4.69, 9.17) is 10.5 Å². The zero-order valence-corrected chi connectivity index (χ0v) is 13.3. The van der Waals surface area contributed by atoms with Gasteiger partial charge in [-0.15, -0.1) is 0 Å². The molecule has 0 bridgehead atoms. The Morgan fingerprint density at radius 3 is 2.67 bits per heavy atom. The maximum Gasteiger partial charge on any atom is 0.241 e. The molecule has 0 atom stereocenters. The van der Waals surface area contributed by atoms with Crippen LogP contribution in [0.15, 0.2) is 17.0 Å². The normalized spacial score (nSPS) is 12.0. The summed E-state index contributed by atoms with van der Waals surface area (Å²) < 4.78 is 45.3. The molecule has 0 unspecified atom stereocenters. The number of anilines is 1. The van der Waals surface area contributed by atoms with E-state index in [1.54, 1.807) is 7.11 Å². The molecule has 0 aliphatic heterocycles. The molecule has 8 heteroatoms. The molecule has 0 fully saturated rings. The van der Waals surface area contributed by atoms with Crippen LogP contribution in [0, 0.1) is 12.7 Å². The van der Waals surface area contributed by atoms with Gasteiger partial charge < -0.3 is 15.4 Å². The van der Waals surface area contributed by atoms with Crippen molar-refractivity contribution >= 4 is 15.7 Å². The molecule has 0 heterocycles. The molecule has 6 nitrogen and oxygen atoms in total. The highest BCUT2D eigenvalue weighted by Gasteiger charge is 2.19. The highest BCUT2D eigenvalue weighted by molar-refractivity contribution is 7.89. The number of likely N-dealkylation sites (N-methyl/N-ethyl adjacent to an activating group) is 1. The van der Waals surface area contributed by atoms with Crippen LogP contribution in [-0.4, -0.2) is 53.7 Å². The number of sulfonamides is 1. The third-order valence-electron chi connectivity index (χ3n) is 3.07. The molecule has 0 spiro atoms. The van der Waals surface area contributed by atoms with Crippen LogP contribution in [-0.2, 0) is 14.8 Å². The van der Waals surface area contributed by atoms with Crippen LogP contribution in [0.1, 0.15) is 5.56 Å². The van der Waals surface area contributed by atoms with Gasteiger partial charge in [0.15, 0.2) is 0 Å². The fourth-order valence-electron chi connectivity index (χ4n) is 1.76. The summed E-state index contributed by atoms with van der Waals surface area (Å²) in [4.78, 5) is 1.80. The smallest absolute Gasteiger partial charge is 0.241 e. The summed E-state index contributed by atoms with van der Waals surface area (Å²) in [6.07, 6.45) is 0. The molecule has 0 aliphatic rings. The molecule has 1 aromatic rings. The van der Waals surface area contributed by atoms with Gasteiger partial charge in [-0.05, 0) is 26.1 Å². The van der Waals surface area contributed by atoms with E-state index in [-0.39, 0.29) is 22.7 Å². The van der Waals surface area contributed by atoms with Gasteiger partial charge in [-0.2, -0.15) is 0 Å². The molecule has 21 heavy (non-hydrogen) atoms. The second kappa shape index (κ2) is 7.69. The summed E-state index contributed by atoms with van der Waals surface area (Å²) in [6, 6.07) is 2.36. The molecule has 1 rings (SSSR count). The summed E-state index contributed by atoms with van der Waals surface area (Å²) in [6.45, 7) is 3.42. The molecule has 0 amide bonds. The van der Waals surface area contributed by atoms with E-state index in [1.807, 2.05) is 11.9 Å². The second-order valence-electron chi connectivity index (χ2n) is 4.82. The average Bonchev–Trinajstić information content (AvgIpc) is 2.40. The van der Waals surface area contributed by atoms with E-state index in [9.17, 15) is 12.8 Å². The van der Waals surface area contributed by atoms with Crippen LogP contribution in [0.5, 0.6) is 0 Å². The van der Waals surface area contributed by atoms with Crippen molar-refractivity contribution in [2.45, 2.75) is 11.8 Å². The predicted octanol–water partition coefficient (Wildman–Crippen LogP) is 0.573. The number of benzene rings is 1. The fourth-order valence-corrected chi connectivity index (χ4v) is 3.07. The van der Waals surface area contributed by atoms with E-state index in [0.29, 0.717) is 19.7 Å². The standard InChI is InChI=1S/C13H22FN3O3S/c1-10-12(14)8-11(15)9-13(10)21(18,19)16-4-5-17(2)6-7-20-3/h8-9,16H,4-7,15H2,1-3H3. The maximum atomic E-state index is 13.6. The first-order valence-corrected chi connectivity index (χ1v) is 7.99. The van der Waals surface area contributed by atoms with E-state index < -0.39 is 15.8 Å². The quantitative estimate of drug-likeness (QED) is 0.685. The first-order valence-electron chi connectivity index (χ1n) is 6.50. The number of hydrogen-bond donors (Lipinski definition) is 2. The zero-order valence-electron chi connectivity index (χ0n) is 12.5. The lowest BCUT2D eigenvalue weighted by atomic mass is 10.2. The van der Waals surface area contributed by atoms with Gasteiger partial charge in [-0.1, -0.05) is 0 Å². The SMILES string of the molecule is COCCN(C)CCNS(=O)(=O)c1cc(N)cc(F)c1C. The first kappa shape index (κ1) is 17.8. The molecular formula is C13H22FN3O3S. The minimum atomic E-state index is -3.78. The Labute approximate surface area is 125 Å². The zero-order chi connectivity index (χ0) is 16.0. The Bertz CT molecular complexity index is 578. The number of rotatable bonds is 8. The Morgan fingerprint density at radius 1 is 1.38 bits per heavy atom. The number of nitrogens with one attached hydrogen (secondary N) is 1. The lowest BCUT2D eigenvalue weighted by molar-refractivity contribution is 0.162. The molecule has 0 saturated heterocycles. The van der Waals surface area contributed by atoms with Gasteiger partial charge in [0.1, 0.15) is 5.82 Å². The third kappa shape index (κ3) is 5.24.